The summed E-state index contributed by atoms with van der Waals surface area (Å²) in [6.45, 7) is -2.56. The van der Waals surface area contributed by atoms with E-state index in [0.29, 0.717) is 11.1 Å². The van der Waals surface area contributed by atoms with Gasteiger partial charge in [-0.2, -0.15) is 0 Å². The van der Waals surface area contributed by atoms with Crippen molar-refractivity contribution in [3.05, 3.63) is 71.3 Å². The van der Waals surface area contributed by atoms with Gasteiger partial charge in [0.15, 0.2) is 5.78 Å². The fourth-order valence-corrected chi connectivity index (χ4v) is 1.78. The van der Waals surface area contributed by atoms with Crippen LogP contribution in [0.3, 0.4) is 0 Å². The van der Waals surface area contributed by atoms with E-state index in [0.717, 1.165) is 0 Å². The third-order valence-electron chi connectivity index (χ3n) is 2.80. The van der Waals surface area contributed by atoms with Crippen molar-refractivity contribution < 1.29 is 13.7 Å². The van der Waals surface area contributed by atoms with Gasteiger partial charge in [0.05, 0.1) is 5.92 Å². The standard InChI is InChI=1S/C16H15NO2/c1-11(16(17)19)13-8-5-9-14(10-13)15(18)12-6-3-2-4-7-12/h2-11H,1H3,(H2,17,19)/i1+1D3. The van der Waals surface area contributed by atoms with Crippen molar-refractivity contribution in [2.75, 3.05) is 0 Å². The van der Waals surface area contributed by atoms with Crippen molar-refractivity contribution >= 4 is 11.7 Å². The van der Waals surface area contributed by atoms with Gasteiger partial charge >= 0.3 is 0 Å². The SMILES string of the molecule is [2H][13C]([2H])([2H])C(C(N)=O)c1cccc(C(=O)c2ccccc2)c1. The monoisotopic (exact) mass is 257 g/mol. The minimum absolute atomic E-state index is 0.217. The van der Waals surface area contributed by atoms with Crippen LogP contribution in [0.25, 0.3) is 0 Å². The lowest BCUT2D eigenvalue weighted by molar-refractivity contribution is -0.119. The molecular weight excluding hydrogens is 239 g/mol. The molecule has 1 unspecified atom stereocenters. The summed E-state index contributed by atoms with van der Waals surface area (Å²) in [5, 5.41) is 0. The molecule has 0 heterocycles. The van der Waals surface area contributed by atoms with Crippen LogP contribution in [0.5, 0.6) is 0 Å². The summed E-state index contributed by atoms with van der Waals surface area (Å²) in [5.41, 5.74) is 6.23. The molecule has 0 fully saturated rings. The van der Waals surface area contributed by atoms with E-state index in [4.69, 9.17) is 9.85 Å². The number of hydrogen-bond donors (Lipinski definition) is 1. The van der Waals surface area contributed by atoms with E-state index < -0.39 is 18.7 Å². The van der Waals surface area contributed by atoms with Crippen molar-refractivity contribution in [2.24, 2.45) is 5.73 Å². The average Bonchev–Trinajstić information content (AvgIpc) is 2.46. The van der Waals surface area contributed by atoms with Crippen LogP contribution in [-0.2, 0) is 4.79 Å². The average molecular weight is 257 g/mol. The van der Waals surface area contributed by atoms with E-state index in [9.17, 15) is 9.59 Å². The Bertz CT molecular complexity index is 696. The first-order chi connectivity index (χ1) is 10.3. The number of primary amides is 1. The predicted molar refractivity (Wildman–Crippen MR) is 73.9 cm³/mol. The Morgan fingerprint density at radius 1 is 1.05 bits per heavy atom. The topological polar surface area (TPSA) is 60.2 Å². The lowest BCUT2D eigenvalue weighted by Crippen LogP contribution is -2.19. The van der Waals surface area contributed by atoms with Crippen LogP contribution >= 0.6 is 0 Å². The van der Waals surface area contributed by atoms with Gasteiger partial charge in [0.2, 0.25) is 5.91 Å². The summed E-state index contributed by atoms with van der Waals surface area (Å²) >= 11 is 0. The van der Waals surface area contributed by atoms with Gasteiger partial charge < -0.3 is 5.73 Å². The summed E-state index contributed by atoms with van der Waals surface area (Å²) in [6, 6.07) is 14.7. The van der Waals surface area contributed by atoms with Crippen LogP contribution in [0.2, 0.25) is 0 Å². The van der Waals surface area contributed by atoms with E-state index in [1.165, 1.54) is 12.1 Å². The highest BCUT2D eigenvalue weighted by atomic mass is 16.1. The lowest BCUT2D eigenvalue weighted by Gasteiger charge is -2.09. The molecule has 2 N–H and O–H groups in total. The highest BCUT2D eigenvalue weighted by Gasteiger charge is 2.14. The number of nitrogens with two attached hydrogens (primary N) is 1. The van der Waals surface area contributed by atoms with Crippen molar-refractivity contribution in [1.82, 2.24) is 0 Å². The van der Waals surface area contributed by atoms with Crippen LogP contribution in [0.4, 0.5) is 0 Å². The minimum Gasteiger partial charge on any atom is -0.369 e. The Hall–Kier alpha value is -2.42. The second-order valence-corrected chi connectivity index (χ2v) is 4.16. The number of carbonyl (C=O) groups excluding carboxylic acids is 2. The predicted octanol–water partition coefficient (Wildman–Crippen LogP) is 2.51. The van der Waals surface area contributed by atoms with Gasteiger partial charge in [0.1, 0.15) is 0 Å². The summed E-state index contributed by atoms with van der Waals surface area (Å²) < 4.78 is 22.3. The molecule has 2 aromatic rings. The molecule has 0 aliphatic carbocycles. The fraction of sp³-hybridized carbons (Fsp3) is 0.125. The molecule has 2 aromatic carbocycles. The van der Waals surface area contributed by atoms with Crippen molar-refractivity contribution in [2.45, 2.75) is 12.8 Å². The van der Waals surface area contributed by atoms with Crippen molar-refractivity contribution in [1.29, 1.82) is 0 Å². The van der Waals surface area contributed by atoms with E-state index in [1.54, 1.807) is 42.5 Å². The molecule has 0 bridgehead atoms. The van der Waals surface area contributed by atoms with Crippen LogP contribution < -0.4 is 5.73 Å². The molecule has 0 saturated carbocycles. The number of carbonyl (C=O) groups is 2. The van der Waals surface area contributed by atoms with Gasteiger partial charge in [-0.1, -0.05) is 48.5 Å². The number of benzene rings is 2. The summed E-state index contributed by atoms with van der Waals surface area (Å²) in [4.78, 5) is 23.9. The normalized spacial score (nSPS) is 14.8. The quantitative estimate of drug-likeness (QED) is 0.675. The maximum absolute atomic E-state index is 12.4. The third-order valence-corrected chi connectivity index (χ3v) is 2.80. The van der Waals surface area contributed by atoms with E-state index in [2.05, 4.69) is 0 Å². The molecule has 0 radical (unpaired) electrons. The Labute approximate surface area is 116 Å². The number of rotatable bonds is 4. The largest absolute Gasteiger partial charge is 0.369 e. The molecule has 0 aliphatic heterocycles. The van der Waals surface area contributed by atoms with Crippen LogP contribution in [0.15, 0.2) is 54.6 Å². The Kier molecular flexibility index (Phi) is 2.74. The van der Waals surface area contributed by atoms with Gasteiger partial charge in [0.25, 0.3) is 0 Å². The molecular formula is C16H15NO2. The van der Waals surface area contributed by atoms with Gasteiger partial charge in [-0.15, -0.1) is 0 Å². The first-order valence-electron chi connectivity index (χ1n) is 7.29. The molecule has 3 nitrogen and oxygen atoms in total. The number of hydrogen-bond acceptors (Lipinski definition) is 2. The highest BCUT2D eigenvalue weighted by Crippen LogP contribution is 2.18. The maximum atomic E-state index is 12.4. The summed E-state index contributed by atoms with van der Waals surface area (Å²) in [5.74, 6) is -2.61. The van der Waals surface area contributed by atoms with Gasteiger partial charge in [-0.25, -0.2) is 0 Å². The smallest absolute Gasteiger partial charge is 0.224 e. The maximum Gasteiger partial charge on any atom is 0.224 e. The summed E-state index contributed by atoms with van der Waals surface area (Å²) in [6.07, 6.45) is 0. The Morgan fingerprint density at radius 2 is 1.74 bits per heavy atom. The zero-order chi connectivity index (χ0) is 16.3. The molecule has 19 heavy (non-hydrogen) atoms. The molecule has 0 aliphatic rings. The van der Waals surface area contributed by atoms with Crippen molar-refractivity contribution in [3.63, 3.8) is 0 Å². The zero-order valence-electron chi connectivity index (χ0n) is 13.2. The molecule has 0 saturated heterocycles. The molecule has 2 rings (SSSR count). The molecule has 3 heteroatoms. The van der Waals surface area contributed by atoms with E-state index >= 15 is 0 Å². The molecule has 0 spiro atoms. The molecule has 0 aromatic heterocycles. The molecule has 96 valence electrons. The second kappa shape index (κ2) is 5.48. The van der Waals surface area contributed by atoms with Gasteiger partial charge in [0, 0.05) is 15.2 Å². The number of ketones is 1. The van der Waals surface area contributed by atoms with E-state index in [-0.39, 0.29) is 11.3 Å². The molecule has 1 amide bonds. The van der Waals surface area contributed by atoms with Crippen molar-refractivity contribution in [3.8, 4) is 0 Å². The van der Waals surface area contributed by atoms with Gasteiger partial charge in [-0.3, -0.25) is 9.59 Å². The number of amides is 1. The Balaban J connectivity index is 2.42. The first-order valence-corrected chi connectivity index (χ1v) is 5.79. The third kappa shape index (κ3) is 2.88. The Morgan fingerprint density at radius 3 is 2.37 bits per heavy atom. The van der Waals surface area contributed by atoms with Gasteiger partial charge in [-0.05, 0) is 18.5 Å². The summed E-state index contributed by atoms with van der Waals surface area (Å²) in [7, 11) is 0. The second-order valence-electron chi connectivity index (χ2n) is 4.16. The lowest BCUT2D eigenvalue weighted by atomic mass is 9.98. The highest BCUT2D eigenvalue weighted by molar-refractivity contribution is 6.09. The van der Waals surface area contributed by atoms with Crippen LogP contribution in [0, 0.1) is 0 Å². The van der Waals surface area contributed by atoms with Crippen LogP contribution in [0.1, 0.15) is 38.4 Å². The van der Waals surface area contributed by atoms with E-state index in [1.807, 2.05) is 0 Å². The van der Waals surface area contributed by atoms with Crippen LogP contribution in [-0.4, -0.2) is 11.7 Å². The molecule has 1 atom stereocenters. The fourth-order valence-electron chi connectivity index (χ4n) is 1.78. The first kappa shape index (κ1) is 9.50. The zero-order valence-corrected chi connectivity index (χ0v) is 10.2. The minimum atomic E-state index is -2.56.